The second kappa shape index (κ2) is 7.32. The number of anilines is 1. The van der Waals surface area contributed by atoms with Crippen molar-refractivity contribution < 1.29 is 19.1 Å². The lowest BCUT2D eigenvalue weighted by Crippen LogP contribution is -2.41. The number of carbonyl (C=O) groups excluding carboxylic acids is 2. The smallest absolute Gasteiger partial charge is 0.227 e. The molecule has 1 unspecified atom stereocenters. The van der Waals surface area contributed by atoms with Crippen molar-refractivity contribution in [3.8, 4) is 11.5 Å². The van der Waals surface area contributed by atoms with Crippen LogP contribution in [0.1, 0.15) is 13.3 Å². The molecule has 7 heteroatoms. The number of carbonyl (C=O) groups is 2. The molecule has 1 aliphatic rings. The highest BCUT2D eigenvalue weighted by Gasteiger charge is 2.36. The summed E-state index contributed by atoms with van der Waals surface area (Å²) in [5.74, 6) is 0.543. The number of methoxy groups -OCH3 is 2. The summed E-state index contributed by atoms with van der Waals surface area (Å²) in [5, 5.41) is 2.82. The minimum atomic E-state index is -0.386. The first-order chi connectivity index (χ1) is 11.0. The molecule has 0 aromatic heterocycles. The number of hydrogen-bond acceptors (Lipinski definition) is 5. The molecule has 1 fully saturated rings. The zero-order valence-corrected chi connectivity index (χ0v) is 13.7. The van der Waals surface area contributed by atoms with E-state index in [2.05, 4.69) is 5.32 Å². The number of ether oxygens (including phenoxy) is 2. The van der Waals surface area contributed by atoms with Gasteiger partial charge in [0.2, 0.25) is 11.8 Å². The number of benzene rings is 1. The van der Waals surface area contributed by atoms with E-state index in [9.17, 15) is 9.59 Å². The van der Waals surface area contributed by atoms with Crippen molar-refractivity contribution in [2.24, 2.45) is 11.7 Å². The van der Waals surface area contributed by atoms with Crippen LogP contribution in [0, 0.1) is 5.92 Å². The van der Waals surface area contributed by atoms with Crippen LogP contribution in [0.25, 0.3) is 0 Å². The van der Waals surface area contributed by atoms with Crippen LogP contribution in [0.15, 0.2) is 18.2 Å². The summed E-state index contributed by atoms with van der Waals surface area (Å²) in [6, 6.07) is 5.13. The number of nitrogens with one attached hydrogen (secondary N) is 1. The Hall–Kier alpha value is -2.28. The fourth-order valence-electron chi connectivity index (χ4n) is 2.54. The molecule has 1 aromatic carbocycles. The first-order valence-electron chi connectivity index (χ1n) is 7.53. The van der Waals surface area contributed by atoms with Crippen LogP contribution in [-0.4, -0.2) is 45.2 Å². The van der Waals surface area contributed by atoms with Gasteiger partial charge in [0, 0.05) is 31.6 Å². The zero-order valence-electron chi connectivity index (χ0n) is 13.7. The van der Waals surface area contributed by atoms with Crippen LogP contribution in [0.5, 0.6) is 11.5 Å². The van der Waals surface area contributed by atoms with Gasteiger partial charge in [0.1, 0.15) is 11.5 Å². The van der Waals surface area contributed by atoms with Gasteiger partial charge in [-0.15, -0.1) is 0 Å². The maximum atomic E-state index is 12.3. The van der Waals surface area contributed by atoms with Gasteiger partial charge in [0.15, 0.2) is 0 Å². The van der Waals surface area contributed by atoms with Crippen LogP contribution in [0.4, 0.5) is 5.69 Å². The highest BCUT2D eigenvalue weighted by Crippen LogP contribution is 2.35. The fraction of sp³-hybridized carbons (Fsp3) is 0.500. The quantitative estimate of drug-likeness (QED) is 0.797. The van der Waals surface area contributed by atoms with E-state index in [4.69, 9.17) is 15.2 Å². The van der Waals surface area contributed by atoms with Crippen molar-refractivity contribution in [3.63, 3.8) is 0 Å². The van der Waals surface area contributed by atoms with E-state index >= 15 is 0 Å². The Labute approximate surface area is 135 Å². The fourth-order valence-corrected chi connectivity index (χ4v) is 2.54. The Morgan fingerprint density at radius 1 is 1.43 bits per heavy atom. The minimum Gasteiger partial charge on any atom is -0.497 e. The molecule has 23 heavy (non-hydrogen) atoms. The maximum Gasteiger partial charge on any atom is 0.227 e. The van der Waals surface area contributed by atoms with E-state index in [-0.39, 0.29) is 30.2 Å². The molecule has 1 aromatic rings. The average molecular weight is 321 g/mol. The third-order valence-electron chi connectivity index (χ3n) is 3.92. The Morgan fingerprint density at radius 3 is 2.78 bits per heavy atom. The molecule has 0 radical (unpaired) electrons. The molecular formula is C16H23N3O4. The SMILES string of the molecule is COc1ccc(N2CC(C(=O)N[C@@H](C)CN)CC2=O)c(OC)c1. The summed E-state index contributed by atoms with van der Waals surface area (Å²) in [6.07, 6.45) is 0.179. The second-order valence-electron chi connectivity index (χ2n) is 5.59. The molecule has 0 saturated carbocycles. The van der Waals surface area contributed by atoms with Crippen LogP contribution in [-0.2, 0) is 9.59 Å². The maximum absolute atomic E-state index is 12.3. The van der Waals surface area contributed by atoms with Gasteiger partial charge >= 0.3 is 0 Å². The molecule has 1 saturated heterocycles. The van der Waals surface area contributed by atoms with Gasteiger partial charge in [0.05, 0.1) is 25.8 Å². The van der Waals surface area contributed by atoms with Crippen molar-refractivity contribution in [2.75, 3.05) is 32.2 Å². The number of hydrogen-bond donors (Lipinski definition) is 2. The number of amides is 2. The van der Waals surface area contributed by atoms with Gasteiger partial charge < -0.3 is 25.4 Å². The Morgan fingerprint density at radius 2 is 2.17 bits per heavy atom. The Kier molecular flexibility index (Phi) is 5.44. The third-order valence-corrected chi connectivity index (χ3v) is 3.92. The summed E-state index contributed by atoms with van der Waals surface area (Å²) in [6.45, 7) is 2.52. The molecule has 126 valence electrons. The highest BCUT2D eigenvalue weighted by atomic mass is 16.5. The predicted molar refractivity (Wildman–Crippen MR) is 86.7 cm³/mol. The summed E-state index contributed by atoms with van der Waals surface area (Å²) >= 11 is 0. The van der Waals surface area contributed by atoms with E-state index < -0.39 is 0 Å². The largest absolute Gasteiger partial charge is 0.497 e. The van der Waals surface area contributed by atoms with Gasteiger partial charge in [-0.25, -0.2) is 0 Å². The molecular weight excluding hydrogens is 298 g/mol. The van der Waals surface area contributed by atoms with Gasteiger partial charge in [0.25, 0.3) is 0 Å². The average Bonchev–Trinajstić information content (AvgIpc) is 2.95. The molecule has 0 bridgehead atoms. The van der Waals surface area contributed by atoms with Crippen LogP contribution >= 0.6 is 0 Å². The minimum absolute atomic E-state index is 0.103. The van der Waals surface area contributed by atoms with Crippen LogP contribution < -0.4 is 25.4 Å². The molecule has 2 atom stereocenters. The number of nitrogens with two attached hydrogens (primary N) is 1. The molecule has 0 aliphatic carbocycles. The van der Waals surface area contributed by atoms with Gasteiger partial charge in [-0.1, -0.05) is 0 Å². The summed E-state index contributed by atoms with van der Waals surface area (Å²) in [7, 11) is 3.10. The zero-order chi connectivity index (χ0) is 17.0. The van der Waals surface area contributed by atoms with Gasteiger partial charge in [-0.3, -0.25) is 9.59 Å². The first kappa shape index (κ1) is 17.1. The summed E-state index contributed by atoms with van der Waals surface area (Å²) in [4.78, 5) is 26.1. The van der Waals surface area contributed by atoms with E-state index in [1.807, 2.05) is 6.92 Å². The van der Waals surface area contributed by atoms with E-state index in [1.165, 1.54) is 7.11 Å². The molecule has 1 heterocycles. The number of rotatable bonds is 6. The molecule has 1 aliphatic heterocycles. The van der Waals surface area contributed by atoms with Crippen molar-refractivity contribution in [1.29, 1.82) is 0 Å². The van der Waals surface area contributed by atoms with Crippen molar-refractivity contribution >= 4 is 17.5 Å². The first-order valence-corrected chi connectivity index (χ1v) is 7.53. The second-order valence-corrected chi connectivity index (χ2v) is 5.59. The van der Waals surface area contributed by atoms with Gasteiger partial charge in [-0.05, 0) is 19.1 Å². The van der Waals surface area contributed by atoms with Crippen molar-refractivity contribution in [2.45, 2.75) is 19.4 Å². The molecule has 7 nitrogen and oxygen atoms in total. The van der Waals surface area contributed by atoms with Crippen molar-refractivity contribution in [3.05, 3.63) is 18.2 Å². The third kappa shape index (κ3) is 3.73. The Balaban J connectivity index is 2.16. The standard InChI is InChI=1S/C16H23N3O4/c1-10(8-17)18-16(21)11-6-15(20)19(9-11)13-5-4-12(22-2)7-14(13)23-3/h4-5,7,10-11H,6,8-9,17H2,1-3H3,(H,18,21)/t10-,11?/m0/s1. The van der Waals surface area contributed by atoms with E-state index in [0.717, 1.165) is 0 Å². The lowest BCUT2D eigenvalue weighted by Gasteiger charge is -2.20. The highest BCUT2D eigenvalue weighted by molar-refractivity contribution is 6.01. The summed E-state index contributed by atoms with van der Waals surface area (Å²) in [5.41, 5.74) is 6.15. The predicted octanol–water partition coefficient (Wildman–Crippen LogP) is 0.520. The molecule has 2 rings (SSSR count). The lowest BCUT2D eigenvalue weighted by molar-refractivity contribution is -0.126. The van der Waals surface area contributed by atoms with E-state index in [1.54, 1.807) is 30.2 Å². The van der Waals surface area contributed by atoms with E-state index in [0.29, 0.717) is 30.3 Å². The Bertz CT molecular complexity index is 591. The molecule has 0 spiro atoms. The molecule has 2 amide bonds. The number of nitrogens with zero attached hydrogens (tertiary/aromatic N) is 1. The van der Waals surface area contributed by atoms with Gasteiger partial charge in [-0.2, -0.15) is 0 Å². The van der Waals surface area contributed by atoms with Crippen LogP contribution in [0.3, 0.4) is 0 Å². The normalized spacial score (nSPS) is 18.7. The lowest BCUT2D eigenvalue weighted by atomic mass is 10.1. The topological polar surface area (TPSA) is 93.9 Å². The van der Waals surface area contributed by atoms with Crippen LogP contribution in [0.2, 0.25) is 0 Å². The van der Waals surface area contributed by atoms with Crippen molar-refractivity contribution in [1.82, 2.24) is 5.32 Å². The summed E-state index contributed by atoms with van der Waals surface area (Å²) < 4.78 is 10.5. The molecule has 3 N–H and O–H groups in total. The monoisotopic (exact) mass is 321 g/mol.